The Morgan fingerprint density at radius 2 is 1.53 bits per heavy atom. The first-order valence-electron chi connectivity index (χ1n) is 6.75. The van der Waals surface area contributed by atoms with Gasteiger partial charge in [-0.05, 0) is 12.8 Å². The first-order valence-corrected chi connectivity index (χ1v) is 6.75. The molecule has 0 aromatic heterocycles. The zero-order valence-corrected chi connectivity index (χ0v) is 11.1. The minimum Gasteiger partial charge on any atom is -0.480 e. The van der Waals surface area contributed by atoms with Crippen LogP contribution in [0.3, 0.4) is 0 Å². The molecular formula is C12H22N2O5. The first kappa shape index (κ1) is 17.5. The number of carboxylic acids is 1. The zero-order valence-electron chi connectivity index (χ0n) is 11.1. The number of nitro groups is 1. The van der Waals surface area contributed by atoms with Crippen molar-refractivity contribution in [1.29, 1.82) is 0 Å². The Hall–Kier alpha value is -1.53. The maximum Gasteiger partial charge on any atom is 0.332 e. The van der Waals surface area contributed by atoms with Gasteiger partial charge in [-0.1, -0.05) is 43.7 Å². The zero-order chi connectivity index (χ0) is 14.5. The smallest absolute Gasteiger partial charge is 0.332 e. The molecule has 0 aromatic rings. The summed E-state index contributed by atoms with van der Waals surface area (Å²) < 4.78 is 0. The number of hydrogen-bond acceptors (Lipinski definition) is 5. The number of carbonyl (C=O) groups is 1. The molecule has 0 saturated heterocycles. The van der Waals surface area contributed by atoms with E-state index in [1.54, 1.807) is 0 Å². The Kier molecular flexibility index (Phi) is 10.6. The lowest BCUT2D eigenvalue weighted by molar-refractivity contribution is -0.480. The van der Waals surface area contributed by atoms with Gasteiger partial charge in [0.05, 0.1) is 0 Å². The maximum atomic E-state index is 10.5. The fourth-order valence-electron chi connectivity index (χ4n) is 1.86. The van der Waals surface area contributed by atoms with Crippen LogP contribution in [-0.2, 0) is 4.79 Å². The van der Waals surface area contributed by atoms with E-state index < -0.39 is 12.0 Å². The van der Waals surface area contributed by atoms with Crippen molar-refractivity contribution in [1.82, 2.24) is 0 Å². The van der Waals surface area contributed by atoms with Crippen molar-refractivity contribution >= 4 is 5.97 Å². The summed E-state index contributed by atoms with van der Waals surface area (Å²) in [5, 5.41) is 21.2. The van der Waals surface area contributed by atoms with E-state index in [1.807, 2.05) is 0 Å². The third kappa shape index (κ3) is 11.3. The van der Waals surface area contributed by atoms with Crippen LogP contribution < -0.4 is 0 Å². The molecule has 1 atom stereocenters. The van der Waals surface area contributed by atoms with E-state index in [2.05, 4.69) is 5.18 Å². The molecule has 7 nitrogen and oxygen atoms in total. The fraction of sp³-hybridized carbons (Fsp3) is 0.917. The van der Waals surface area contributed by atoms with Crippen LogP contribution in [0.2, 0.25) is 0 Å². The van der Waals surface area contributed by atoms with Gasteiger partial charge in [0.2, 0.25) is 6.54 Å². The predicted octanol–water partition coefficient (Wildman–Crippen LogP) is 2.99. The molecule has 0 rings (SSSR count). The molecule has 7 heteroatoms. The van der Waals surface area contributed by atoms with Gasteiger partial charge in [0.25, 0.3) is 0 Å². The summed E-state index contributed by atoms with van der Waals surface area (Å²) in [6.07, 6.45) is 7.52. The molecule has 0 spiro atoms. The summed E-state index contributed by atoms with van der Waals surface area (Å²) in [6, 6.07) is -1.11. The van der Waals surface area contributed by atoms with E-state index >= 15 is 0 Å². The highest BCUT2D eigenvalue weighted by Crippen LogP contribution is 2.12. The molecule has 0 saturated carbocycles. The maximum absolute atomic E-state index is 10.5. The molecule has 0 heterocycles. The lowest BCUT2D eigenvalue weighted by atomic mass is 10.0. The molecule has 0 aliphatic rings. The largest absolute Gasteiger partial charge is 0.480 e. The van der Waals surface area contributed by atoms with Gasteiger partial charge in [-0.15, -0.1) is 4.91 Å². The van der Waals surface area contributed by atoms with Gasteiger partial charge in [-0.25, -0.2) is 4.79 Å². The Bertz CT molecular complexity index is 283. The average molecular weight is 274 g/mol. The van der Waals surface area contributed by atoms with Crippen molar-refractivity contribution in [2.24, 2.45) is 5.18 Å². The van der Waals surface area contributed by atoms with E-state index in [4.69, 9.17) is 5.11 Å². The van der Waals surface area contributed by atoms with Crippen LogP contribution in [0.4, 0.5) is 0 Å². The Labute approximate surface area is 112 Å². The first-order chi connectivity index (χ1) is 9.07. The second kappa shape index (κ2) is 11.6. The number of nitroso groups, excluding NO2 is 1. The topological polar surface area (TPSA) is 110 Å². The van der Waals surface area contributed by atoms with Gasteiger partial charge < -0.3 is 5.11 Å². The minimum absolute atomic E-state index is 0.0509. The van der Waals surface area contributed by atoms with E-state index in [0.717, 1.165) is 38.5 Å². The van der Waals surface area contributed by atoms with Crippen LogP contribution in [-0.4, -0.2) is 28.6 Å². The third-order valence-corrected chi connectivity index (χ3v) is 2.98. The molecule has 0 amide bonds. The fourth-order valence-corrected chi connectivity index (χ4v) is 1.86. The van der Waals surface area contributed by atoms with Crippen LogP contribution in [0.15, 0.2) is 5.18 Å². The van der Waals surface area contributed by atoms with Gasteiger partial charge >= 0.3 is 5.97 Å². The van der Waals surface area contributed by atoms with Crippen molar-refractivity contribution in [3.05, 3.63) is 15.0 Å². The number of unbranched alkanes of at least 4 members (excludes halogenated alkanes) is 7. The van der Waals surface area contributed by atoms with Crippen LogP contribution >= 0.6 is 0 Å². The minimum atomic E-state index is -1.15. The lowest BCUT2D eigenvalue weighted by Gasteiger charge is -2.03. The van der Waals surface area contributed by atoms with Crippen LogP contribution in [0, 0.1) is 15.0 Å². The number of hydrogen-bond donors (Lipinski definition) is 1. The van der Waals surface area contributed by atoms with Crippen molar-refractivity contribution in [3.8, 4) is 0 Å². The van der Waals surface area contributed by atoms with E-state index in [0.29, 0.717) is 19.3 Å². The van der Waals surface area contributed by atoms with Crippen molar-refractivity contribution < 1.29 is 14.8 Å². The second-order valence-electron chi connectivity index (χ2n) is 4.63. The number of aliphatic carboxylic acids is 1. The molecule has 0 radical (unpaired) electrons. The van der Waals surface area contributed by atoms with Gasteiger partial charge in [0.15, 0.2) is 6.04 Å². The summed E-state index contributed by atoms with van der Waals surface area (Å²) >= 11 is 0. The lowest BCUT2D eigenvalue weighted by Crippen LogP contribution is -2.16. The van der Waals surface area contributed by atoms with Crippen LogP contribution in [0.5, 0.6) is 0 Å². The monoisotopic (exact) mass is 274 g/mol. The third-order valence-electron chi connectivity index (χ3n) is 2.98. The van der Waals surface area contributed by atoms with Crippen molar-refractivity contribution in [3.63, 3.8) is 0 Å². The van der Waals surface area contributed by atoms with Crippen LogP contribution in [0.25, 0.3) is 0 Å². The second-order valence-corrected chi connectivity index (χ2v) is 4.63. The molecule has 0 aliphatic carbocycles. The SMILES string of the molecule is O=NC(CCCCCCCCCC[N+](=O)[O-])C(=O)O. The molecule has 0 aliphatic heterocycles. The number of carboxylic acid groups (broad SMARTS) is 1. The highest BCUT2D eigenvalue weighted by molar-refractivity contribution is 5.73. The van der Waals surface area contributed by atoms with E-state index in [9.17, 15) is 19.8 Å². The Balaban J connectivity index is 3.25. The molecule has 110 valence electrons. The summed E-state index contributed by atoms with van der Waals surface area (Å²) in [5.74, 6) is -1.15. The average Bonchev–Trinajstić information content (AvgIpc) is 2.35. The highest BCUT2D eigenvalue weighted by Gasteiger charge is 2.16. The van der Waals surface area contributed by atoms with Gasteiger partial charge in [-0.2, -0.15) is 0 Å². The standard InChI is InChI=1S/C12H22N2O5/c15-12(16)11(13-17)9-7-5-3-1-2-4-6-8-10-14(18)19/h11H,1-10H2,(H,15,16). The summed E-state index contributed by atoms with van der Waals surface area (Å²) in [6.45, 7) is 0.0509. The molecule has 1 N–H and O–H groups in total. The van der Waals surface area contributed by atoms with Gasteiger partial charge in [0.1, 0.15) is 0 Å². The molecule has 1 unspecified atom stereocenters. The summed E-state index contributed by atoms with van der Waals surface area (Å²) in [5.41, 5.74) is 0. The van der Waals surface area contributed by atoms with Gasteiger partial charge in [0, 0.05) is 11.3 Å². The highest BCUT2D eigenvalue weighted by atomic mass is 16.6. The molecule has 0 fully saturated rings. The number of rotatable bonds is 13. The summed E-state index contributed by atoms with van der Waals surface area (Å²) in [4.78, 5) is 30.5. The number of nitrogens with zero attached hydrogens (tertiary/aromatic N) is 2. The normalized spacial score (nSPS) is 12.0. The molecule has 0 aromatic carbocycles. The molecule has 0 bridgehead atoms. The Morgan fingerprint density at radius 3 is 1.95 bits per heavy atom. The summed E-state index contributed by atoms with van der Waals surface area (Å²) in [7, 11) is 0. The predicted molar refractivity (Wildman–Crippen MR) is 70.6 cm³/mol. The van der Waals surface area contributed by atoms with E-state index in [-0.39, 0.29) is 11.5 Å². The Morgan fingerprint density at radius 1 is 1.05 bits per heavy atom. The van der Waals surface area contributed by atoms with Crippen molar-refractivity contribution in [2.75, 3.05) is 6.54 Å². The van der Waals surface area contributed by atoms with Gasteiger partial charge in [-0.3, -0.25) is 10.1 Å². The van der Waals surface area contributed by atoms with E-state index in [1.165, 1.54) is 0 Å². The molecule has 19 heavy (non-hydrogen) atoms. The quantitative estimate of drug-likeness (QED) is 0.240. The molecular weight excluding hydrogens is 252 g/mol. The van der Waals surface area contributed by atoms with Crippen molar-refractivity contribution in [2.45, 2.75) is 63.8 Å². The van der Waals surface area contributed by atoms with Crippen LogP contribution in [0.1, 0.15) is 57.8 Å².